The third-order valence-electron chi connectivity index (χ3n) is 4.99. The molecule has 154 valence electrons. The number of anilines is 1. The minimum Gasteiger partial charge on any atom is -0.399 e. The third kappa shape index (κ3) is 3.93. The van der Waals surface area contributed by atoms with Gasteiger partial charge in [0.15, 0.2) is 0 Å². The third-order valence-corrected chi connectivity index (χ3v) is 4.99. The number of amides is 1. The fourth-order valence-electron chi connectivity index (χ4n) is 3.39. The summed E-state index contributed by atoms with van der Waals surface area (Å²) in [5.41, 5.74) is 12.1. The Morgan fingerprint density at radius 3 is 2.39 bits per heavy atom. The normalized spacial score (nSPS) is 11.2. The van der Waals surface area contributed by atoms with E-state index in [9.17, 15) is 14.0 Å². The minimum atomic E-state index is -0.405. The average Bonchev–Trinajstić information content (AvgIpc) is 3.05. The van der Waals surface area contributed by atoms with E-state index in [1.165, 1.54) is 30.5 Å². The summed E-state index contributed by atoms with van der Waals surface area (Å²) in [4.78, 5) is 25.4. The minimum absolute atomic E-state index is 0.232. The summed E-state index contributed by atoms with van der Waals surface area (Å²) in [6, 6.07) is 17.5. The van der Waals surface area contributed by atoms with Crippen LogP contribution in [0.15, 0.2) is 78.0 Å². The van der Waals surface area contributed by atoms with Gasteiger partial charge in [-0.15, -0.1) is 0 Å². The van der Waals surface area contributed by atoms with Gasteiger partial charge in [0, 0.05) is 28.6 Å². The number of hydrazone groups is 1. The predicted octanol–water partition coefficient (Wildman–Crippen LogP) is 3.96. The molecule has 2 heterocycles. The molecule has 7 heteroatoms. The fourth-order valence-corrected chi connectivity index (χ4v) is 3.39. The molecular formula is C24H19FN4O2. The van der Waals surface area contributed by atoms with Crippen molar-refractivity contribution in [1.82, 2.24) is 9.83 Å². The molecular weight excluding hydrogens is 395 g/mol. The number of carbonyl (C=O) groups is 2. The second-order valence-corrected chi connectivity index (χ2v) is 7.00. The second kappa shape index (κ2) is 8.23. The van der Waals surface area contributed by atoms with Crippen LogP contribution < -0.4 is 11.2 Å². The van der Waals surface area contributed by atoms with E-state index in [0.717, 1.165) is 5.52 Å². The van der Waals surface area contributed by atoms with Crippen molar-refractivity contribution in [3.63, 3.8) is 0 Å². The summed E-state index contributed by atoms with van der Waals surface area (Å²) in [5.74, 6) is -1.01. The highest BCUT2D eigenvalue weighted by atomic mass is 19.1. The average molecular weight is 414 g/mol. The van der Waals surface area contributed by atoms with Gasteiger partial charge in [-0.2, -0.15) is 5.10 Å². The lowest BCUT2D eigenvalue weighted by atomic mass is 10.0. The number of carbonyl (C=O) groups excluding carboxylic acids is 2. The van der Waals surface area contributed by atoms with E-state index in [2.05, 4.69) is 10.5 Å². The molecule has 2 aromatic carbocycles. The van der Waals surface area contributed by atoms with Gasteiger partial charge in [0.25, 0.3) is 5.91 Å². The summed E-state index contributed by atoms with van der Waals surface area (Å²) < 4.78 is 15.0. The zero-order chi connectivity index (χ0) is 22.0. The summed E-state index contributed by atoms with van der Waals surface area (Å²) in [6.45, 7) is 1.81. The van der Waals surface area contributed by atoms with E-state index in [0.29, 0.717) is 33.6 Å². The van der Waals surface area contributed by atoms with Crippen LogP contribution in [0.3, 0.4) is 0 Å². The molecule has 31 heavy (non-hydrogen) atoms. The topological polar surface area (TPSA) is 89.0 Å². The molecule has 4 rings (SSSR count). The van der Waals surface area contributed by atoms with Crippen molar-refractivity contribution in [3.05, 3.63) is 107 Å². The van der Waals surface area contributed by atoms with E-state index < -0.39 is 5.82 Å². The highest BCUT2D eigenvalue weighted by Gasteiger charge is 2.21. The van der Waals surface area contributed by atoms with E-state index in [-0.39, 0.29) is 11.7 Å². The second-order valence-electron chi connectivity index (χ2n) is 7.00. The first kappa shape index (κ1) is 20.0. The molecule has 0 atom stereocenters. The van der Waals surface area contributed by atoms with Crippen LogP contribution in [0.25, 0.3) is 5.52 Å². The van der Waals surface area contributed by atoms with Gasteiger partial charge in [-0.3, -0.25) is 9.59 Å². The van der Waals surface area contributed by atoms with Gasteiger partial charge in [0.2, 0.25) is 5.78 Å². The lowest BCUT2D eigenvalue weighted by Gasteiger charge is -2.04. The van der Waals surface area contributed by atoms with Crippen LogP contribution in [0.4, 0.5) is 10.1 Å². The molecule has 0 saturated heterocycles. The monoisotopic (exact) mass is 414 g/mol. The van der Waals surface area contributed by atoms with Crippen molar-refractivity contribution in [2.45, 2.75) is 6.92 Å². The van der Waals surface area contributed by atoms with Gasteiger partial charge in [-0.05, 0) is 73.2 Å². The molecule has 0 unspecified atom stereocenters. The largest absolute Gasteiger partial charge is 0.399 e. The van der Waals surface area contributed by atoms with Crippen LogP contribution in [-0.4, -0.2) is 22.3 Å². The molecule has 0 radical (unpaired) electrons. The summed E-state index contributed by atoms with van der Waals surface area (Å²) in [5, 5.41) is 4.08. The maximum absolute atomic E-state index is 13.3. The van der Waals surface area contributed by atoms with E-state index in [1.54, 1.807) is 34.9 Å². The highest BCUT2D eigenvalue weighted by Crippen LogP contribution is 2.24. The number of aromatic nitrogens is 1. The van der Waals surface area contributed by atoms with Gasteiger partial charge in [0.1, 0.15) is 5.82 Å². The number of ketones is 1. The van der Waals surface area contributed by atoms with E-state index in [4.69, 9.17) is 5.73 Å². The Balaban J connectivity index is 1.67. The van der Waals surface area contributed by atoms with Crippen LogP contribution in [0.5, 0.6) is 0 Å². The van der Waals surface area contributed by atoms with Crippen molar-refractivity contribution in [1.29, 1.82) is 0 Å². The molecule has 4 aromatic rings. The number of nitrogens with one attached hydrogen (secondary N) is 1. The first-order valence-electron chi connectivity index (χ1n) is 9.54. The molecule has 2 aromatic heterocycles. The SMILES string of the molecule is Cc1c(/C=N\NC(=O)c2ccc(N)cc2)c2ccccn2c1C(=O)c1ccc(F)cc1. The Bertz CT molecular complexity index is 1310. The van der Waals surface area contributed by atoms with Gasteiger partial charge in [-0.1, -0.05) is 6.07 Å². The standard InChI is InChI=1S/C24H19FN4O2/c1-15-20(14-27-28-24(31)17-7-11-19(26)12-8-17)21-4-2-3-13-29(21)22(15)23(30)16-5-9-18(25)10-6-16/h2-14H,26H2,1H3,(H,28,31)/b27-14-. The molecule has 0 bridgehead atoms. The molecule has 0 spiro atoms. The molecule has 0 saturated carbocycles. The lowest BCUT2D eigenvalue weighted by molar-refractivity contribution is 0.0954. The van der Waals surface area contributed by atoms with Crippen LogP contribution in [0, 0.1) is 12.7 Å². The number of nitrogens with zero attached hydrogens (tertiary/aromatic N) is 2. The molecule has 0 aliphatic heterocycles. The number of rotatable bonds is 5. The Morgan fingerprint density at radius 1 is 1.00 bits per heavy atom. The number of hydrogen-bond acceptors (Lipinski definition) is 4. The van der Waals surface area contributed by atoms with E-state index >= 15 is 0 Å². The van der Waals surface area contributed by atoms with Crippen LogP contribution >= 0.6 is 0 Å². The van der Waals surface area contributed by atoms with Crippen LogP contribution in [-0.2, 0) is 0 Å². The number of fused-ring (bicyclic) bond motifs is 1. The zero-order valence-corrected chi connectivity index (χ0v) is 16.7. The maximum atomic E-state index is 13.3. The van der Waals surface area contributed by atoms with Gasteiger partial charge >= 0.3 is 0 Å². The quantitative estimate of drug-likeness (QED) is 0.224. The van der Waals surface area contributed by atoms with Crippen molar-refractivity contribution in [2.75, 3.05) is 5.73 Å². The first-order chi connectivity index (χ1) is 15.0. The molecule has 3 N–H and O–H groups in total. The number of nitrogens with two attached hydrogens (primary N) is 1. The summed E-state index contributed by atoms with van der Waals surface area (Å²) >= 11 is 0. The van der Waals surface area contributed by atoms with Crippen molar-refractivity contribution >= 4 is 29.1 Å². The molecule has 1 amide bonds. The Morgan fingerprint density at radius 2 is 1.68 bits per heavy atom. The first-order valence-corrected chi connectivity index (χ1v) is 9.54. The molecule has 6 nitrogen and oxygen atoms in total. The summed E-state index contributed by atoms with van der Waals surface area (Å²) in [6.07, 6.45) is 3.30. The lowest BCUT2D eigenvalue weighted by Crippen LogP contribution is -2.17. The fraction of sp³-hybridized carbons (Fsp3) is 0.0417. The van der Waals surface area contributed by atoms with Gasteiger partial charge in [-0.25, -0.2) is 9.82 Å². The molecule has 0 aliphatic carbocycles. The van der Waals surface area contributed by atoms with Crippen molar-refractivity contribution in [2.24, 2.45) is 5.10 Å². The van der Waals surface area contributed by atoms with E-state index in [1.807, 2.05) is 25.1 Å². The highest BCUT2D eigenvalue weighted by molar-refractivity contribution is 6.12. The van der Waals surface area contributed by atoms with Gasteiger partial charge < -0.3 is 10.1 Å². The number of pyridine rings is 1. The number of benzene rings is 2. The van der Waals surface area contributed by atoms with Gasteiger partial charge in [0.05, 0.1) is 17.4 Å². The molecule has 0 fully saturated rings. The predicted molar refractivity (Wildman–Crippen MR) is 118 cm³/mol. The van der Waals surface area contributed by atoms with Crippen LogP contribution in [0.1, 0.15) is 37.5 Å². The number of halogens is 1. The smallest absolute Gasteiger partial charge is 0.271 e. The number of hydrogen-bond donors (Lipinski definition) is 2. The summed E-state index contributed by atoms with van der Waals surface area (Å²) in [7, 11) is 0. The zero-order valence-electron chi connectivity index (χ0n) is 16.7. The van der Waals surface area contributed by atoms with Crippen molar-refractivity contribution in [3.8, 4) is 0 Å². The number of nitrogen functional groups attached to an aromatic ring is 1. The van der Waals surface area contributed by atoms with Crippen molar-refractivity contribution < 1.29 is 14.0 Å². The molecule has 0 aliphatic rings. The Kier molecular flexibility index (Phi) is 5.32. The maximum Gasteiger partial charge on any atom is 0.271 e. The van der Waals surface area contributed by atoms with Crippen LogP contribution in [0.2, 0.25) is 0 Å². The Labute approximate surface area is 177 Å². The Hall–Kier alpha value is -4.26.